The van der Waals surface area contributed by atoms with Gasteiger partial charge in [0.25, 0.3) is 0 Å². The Kier molecular flexibility index (Phi) is 8.73. The zero-order chi connectivity index (χ0) is 43.2. The molecule has 0 radical (unpaired) electrons. The Morgan fingerprint density at radius 2 is 1.14 bits per heavy atom. The molecule has 0 aliphatic heterocycles. The van der Waals surface area contributed by atoms with Crippen LogP contribution in [0, 0.1) is 0 Å². The molecule has 0 fully saturated rings. The zero-order valence-corrected chi connectivity index (χ0v) is 36.2. The first-order valence-electron chi connectivity index (χ1n) is 22.3. The highest BCUT2D eigenvalue weighted by Gasteiger charge is 2.27. The summed E-state index contributed by atoms with van der Waals surface area (Å²) in [5, 5.41) is 15.7. The molecule has 7 aromatic carbocycles. The van der Waals surface area contributed by atoms with Crippen molar-refractivity contribution in [2.75, 3.05) is 0 Å². The highest BCUT2D eigenvalue weighted by molar-refractivity contribution is 6.08. The van der Waals surface area contributed by atoms with Gasteiger partial charge in [-0.3, -0.25) is 4.57 Å². The lowest BCUT2D eigenvalue weighted by atomic mass is 9.84. The topological polar surface area (TPSA) is 77.2 Å². The van der Waals surface area contributed by atoms with E-state index in [4.69, 9.17) is 18.8 Å². The van der Waals surface area contributed by atoms with Gasteiger partial charge < -0.3 is 13.9 Å². The maximum absolute atomic E-state index is 11.5. The van der Waals surface area contributed by atoms with Crippen molar-refractivity contribution in [3.63, 3.8) is 0 Å². The summed E-state index contributed by atoms with van der Waals surface area (Å²) in [6.45, 7) is 9.00. The Morgan fingerprint density at radius 3 is 1.88 bits per heavy atom. The van der Waals surface area contributed by atoms with E-state index in [0.29, 0.717) is 11.8 Å². The molecule has 64 heavy (non-hydrogen) atoms. The third-order valence-corrected chi connectivity index (χ3v) is 13.2. The first kappa shape index (κ1) is 38.0. The number of pyridine rings is 1. The van der Waals surface area contributed by atoms with Crippen molar-refractivity contribution in [3.8, 4) is 67.7 Å². The van der Waals surface area contributed by atoms with Crippen molar-refractivity contribution in [3.05, 3.63) is 180 Å². The van der Waals surface area contributed by atoms with Crippen LogP contribution in [0.4, 0.5) is 0 Å². The fraction of sp³-hybridized carbons (Fsp3) is 0.138. The maximum Gasteiger partial charge on any atom is 0.145 e. The van der Waals surface area contributed by atoms with Gasteiger partial charge in [0.05, 0.1) is 11.4 Å². The van der Waals surface area contributed by atoms with Crippen LogP contribution in [0.5, 0.6) is 5.75 Å². The van der Waals surface area contributed by atoms with Gasteiger partial charge in [0.15, 0.2) is 0 Å². The number of furan rings is 2. The molecule has 0 bridgehead atoms. The lowest BCUT2D eigenvalue weighted by molar-refractivity contribution is 0.476. The van der Waals surface area contributed by atoms with Gasteiger partial charge in [0.1, 0.15) is 39.6 Å². The average Bonchev–Trinajstić information content (AvgIpc) is 4.04. The number of para-hydroxylation sites is 1. The van der Waals surface area contributed by atoms with Gasteiger partial charge in [-0.1, -0.05) is 107 Å². The predicted molar refractivity (Wildman–Crippen MR) is 260 cm³/mol. The molecule has 6 nitrogen and oxygen atoms in total. The van der Waals surface area contributed by atoms with Gasteiger partial charge in [0, 0.05) is 44.6 Å². The first-order valence-corrected chi connectivity index (χ1v) is 22.3. The zero-order valence-electron chi connectivity index (χ0n) is 36.2. The molecule has 310 valence electrons. The van der Waals surface area contributed by atoms with E-state index in [9.17, 15) is 5.11 Å². The molecule has 6 heteroatoms. The largest absolute Gasteiger partial charge is 0.507 e. The van der Waals surface area contributed by atoms with E-state index < -0.39 is 0 Å². The smallest absolute Gasteiger partial charge is 0.145 e. The number of hydrogen-bond donors (Lipinski definition) is 1. The fourth-order valence-electron chi connectivity index (χ4n) is 9.74. The Labute approximate surface area is 371 Å². The van der Waals surface area contributed by atoms with Gasteiger partial charge in [-0.05, 0) is 142 Å². The predicted octanol–water partition coefficient (Wildman–Crippen LogP) is 15.5. The molecule has 4 heterocycles. The van der Waals surface area contributed by atoms with Gasteiger partial charge in [-0.15, -0.1) is 0 Å². The van der Waals surface area contributed by atoms with Crippen LogP contribution in [0.1, 0.15) is 61.8 Å². The second-order valence-electron chi connectivity index (χ2n) is 17.9. The number of aryl methyl sites for hydroxylation is 1. The number of fused-ring (bicyclic) bond motifs is 9. The monoisotopic (exact) mass is 831 g/mol. The maximum atomic E-state index is 11.5. The van der Waals surface area contributed by atoms with Crippen LogP contribution >= 0.6 is 0 Å². The molecule has 0 unspecified atom stereocenters. The van der Waals surface area contributed by atoms with E-state index in [1.54, 1.807) is 6.07 Å². The molecule has 1 aliphatic rings. The molecule has 1 aliphatic carbocycles. The minimum atomic E-state index is 0.235. The Morgan fingerprint density at radius 1 is 0.516 bits per heavy atom. The quantitative estimate of drug-likeness (QED) is 0.173. The van der Waals surface area contributed by atoms with Crippen molar-refractivity contribution < 1.29 is 13.9 Å². The Hall–Kier alpha value is -7.70. The molecular formula is C58H45N3O3. The number of imidazole rings is 1. The summed E-state index contributed by atoms with van der Waals surface area (Å²) in [6, 6.07) is 52.9. The van der Waals surface area contributed by atoms with Crippen molar-refractivity contribution in [2.45, 2.75) is 52.4 Å². The summed E-state index contributed by atoms with van der Waals surface area (Å²) in [6.07, 6.45) is 3.75. The lowest BCUT2D eigenvalue weighted by Gasteiger charge is -2.23. The molecule has 1 N–H and O–H groups in total. The lowest BCUT2D eigenvalue weighted by Crippen LogP contribution is -2.09. The molecule has 0 atom stereocenters. The molecule has 0 amide bonds. The summed E-state index contributed by atoms with van der Waals surface area (Å²) >= 11 is 0. The Balaban J connectivity index is 1.10. The van der Waals surface area contributed by atoms with Crippen LogP contribution < -0.4 is 0 Å². The molecule has 0 saturated heterocycles. The number of aromatic hydroxyl groups is 1. The van der Waals surface area contributed by atoms with Gasteiger partial charge in [-0.2, -0.15) is 0 Å². The molecule has 12 rings (SSSR count). The van der Waals surface area contributed by atoms with E-state index in [1.165, 1.54) is 11.1 Å². The van der Waals surface area contributed by atoms with Crippen molar-refractivity contribution >= 4 is 43.9 Å². The summed E-state index contributed by atoms with van der Waals surface area (Å²) in [4.78, 5) is 11.0. The van der Waals surface area contributed by atoms with Gasteiger partial charge >= 0.3 is 0 Å². The van der Waals surface area contributed by atoms with Crippen LogP contribution in [-0.2, 0) is 12.8 Å². The number of phenolic OH excluding ortho intramolecular Hbond substituents is 1. The SMILES string of the molecule is CC(C)c1cc(C(C)C)cc(-n2cc(-c3cc(-c4ccc5oc6ccccc6c5c4)c4c(n3)-c3c(O)cccc3CC4)nc2-c2ccc3oc4ccc(-c5ccccc5)cc4c3c2)c1. The number of rotatable bonds is 7. The summed E-state index contributed by atoms with van der Waals surface area (Å²) in [7, 11) is 0. The van der Waals surface area contributed by atoms with Crippen LogP contribution in [0.25, 0.3) is 106 Å². The molecule has 0 spiro atoms. The number of nitrogens with zero attached hydrogens (tertiary/aromatic N) is 3. The standard InChI is InChI=1S/C58H45N3O3/c1-33(2)40-25-41(34(3)4)27-42(26-40)61-32-50(60-58(61)39-20-24-55-48(30-39)47-28-37(18-22-54(47)64-55)35-11-6-5-7-12-35)49-31-45(44-21-17-36-13-10-15-51(62)56(36)57(44)59-49)38-19-23-53-46(29-38)43-14-8-9-16-52(43)63-53/h5-16,18-20,22-34,62H,17,21H2,1-4H3. The van der Waals surface area contributed by atoms with E-state index in [2.05, 4.69) is 160 Å². The second kappa shape index (κ2) is 14.7. The summed E-state index contributed by atoms with van der Waals surface area (Å²) < 4.78 is 14.9. The van der Waals surface area contributed by atoms with Crippen LogP contribution in [0.15, 0.2) is 167 Å². The third kappa shape index (κ3) is 6.23. The van der Waals surface area contributed by atoms with Crippen LogP contribution in [0.3, 0.4) is 0 Å². The molecule has 4 aromatic heterocycles. The fourth-order valence-corrected chi connectivity index (χ4v) is 9.74. The van der Waals surface area contributed by atoms with E-state index in [0.717, 1.165) is 130 Å². The number of aromatic nitrogens is 3. The Bertz CT molecular complexity index is 3620. The minimum absolute atomic E-state index is 0.235. The molecular weight excluding hydrogens is 787 g/mol. The van der Waals surface area contributed by atoms with Crippen molar-refractivity contribution in [1.29, 1.82) is 0 Å². The minimum Gasteiger partial charge on any atom is -0.507 e. The normalized spacial score (nSPS) is 12.6. The second-order valence-corrected chi connectivity index (χ2v) is 17.9. The van der Waals surface area contributed by atoms with E-state index >= 15 is 0 Å². The third-order valence-electron chi connectivity index (χ3n) is 13.2. The highest BCUT2D eigenvalue weighted by atomic mass is 16.3. The first-order chi connectivity index (χ1) is 31.2. The average molecular weight is 832 g/mol. The summed E-state index contributed by atoms with van der Waals surface area (Å²) in [5.41, 5.74) is 17.6. The number of benzene rings is 7. The van der Waals surface area contributed by atoms with E-state index in [1.807, 2.05) is 24.3 Å². The van der Waals surface area contributed by atoms with Crippen molar-refractivity contribution in [1.82, 2.24) is 14.5 Å². The highest BCUT2D eigenvalue weighted by Crippen LogP contribution is 2.45. The van der Waals surface area contributed by atoms with Crippen LogP contribution in [-0.4, -0.2) is 19.6 Å². The van der Waals surface area contributed by atoms with Gasteiger partial charge in [0.2, 0.25) is 0 Å². The number of phenols is 1. The molecule has 11 aromatic rings. The van der Waals surface area contributed by atoms with Crippen LogP contribution in [0.2, 0.25) is 0 Å². The summed E-state index contributed by atoms with van der Waals surface area (Å²) in [5.74, 6) is 1.70. The van der Waals surface area contributed by atoms with E-state index in [-0.39, 0.29) is 5.75 Å². The van der Waals surface area contributed by atoms with Crippen molar-refractivity contribution in [2.24, 2.45) is 0 Å². The number of hydrogen-bond acceptors (Lipinski definition) is 5. The molecule has 0 saturated carbocycles. The van der Waals surface area contributed by atoms with Gasteiger partial charge in [-0.25, -0.2) is 9.97 Å².